The summed E-state index contributed by atoms with van der Waals surface area (Å²) in [5, 5.41) is 11.9. The Kier molecular flexibility index (Phi) is 13.2. The largest absolute Gasteiger partial charge is 0.494 e. The third kappa shape index (κ3) is 11.1. The summed E-state index contributed by atoms with van der Waals surface area (Å²) >= 11 is 0. The number of nitrogens with two attached hydrogens (primary N) is 1. The number of halogens is 1. The number of nitrogens with one attached hydrogen (secondary N) is 1. The molecule has 0 spiro atoms. The van der Waals surface area contributed by atoms with Crippen molar-refractivity contribution in [1.29, 1.82) is 0 Å². The summed E-state index contributed by atoms with van der Waals surface area (Å²) in [5.74, 6) is 1.80. The average molecular weight is 446 g/mol. The molecule has 0 radical (unpaired) electrons. The molecule has 0 saturated heterocycles. The first-order valence-electron chi connectivity index (χ1n) is 10.3. The van der Waals surface area contributed by atoms with E-state index >= 15 is 0 Å². The third-order valence-corrected chi connectivity index (χ3v) is 4.06. The van der Waals surface area contributed by atoms with Gasteiger partial charge in [-0.2, -0.15) is 10.2 Å². The van der Waals surface area contributed by atoms with Crippen molar-refractivity contribution < 1.29 is 9.47 Å². The number of ether oxygens (including phenoxy) is 2. The molecule has 7 nitrogen and oxygen atoms in total. The van der Waals surface area contributed by atoms with Gasteiger partial charge in [0.2, 0.25) is 5.96 Å². The first-order valence-corrected chi connectivity index (χ1v) is 10.3. The van der Waals surface area contributed by atoms with Gasteiger partial charge in [0.1, 0.15) is 11.5 Å². The van der Waals surface area contributed by atoms with Crippen molar-refractivity contribution >= 4 is 30.8 Å². The zero-order chi connectivity index (χ0) is 21.4. The maximum Gasteiger partial charge on any atom is 0.234 e. The van der Waals surface area contributed by atoms with Crippen molar-refractivity contribution in [1.82, 2.24) is 5.43 Å². The summed E-state index contributed by atoms with van der Waals surface area (Å²) in [6, 6.07) is 15.3. The highest BCUT2D eigenvalue weighted by Crippen LogP contribution is 2.12. The maximum absolute atomic E-state index is 5.76. The fourth-order valence-corrected chi connectivity index (χ4v) is 2.32. The van der Waals surface area contributed by atoms with Crippen LogP contribution in [0.15, 0.2) is 63.8 Å². The summed E-state index contributed by atoms with van der Waals surface area (Å²) in [5.41, 5.74) is 10.2. The molecule has 0 bridgehead atoms. The number of hydrogen-bond acceptors (Lipinski definition) is 5. The quantitative estimate of drug-likeness (QED) is 0.213. The SMILES string of the molecule is CCCCOc1ccc(/C=N/N=C(N)N/N=C/c2ccc(OCCCC)cc2)cc1.Cl. The molecule has 31 heavy (non-hydrogen) atoms. The van der Waals surface area contributed by atoms with Gasteiger partial charge in [-0.3, -0.25) is 0 Å². The van der Waals surface area contributed by atoms with E-state index in [2.05, 4.69) is 34.6 Å². The van der Waals surface area contributed by atoms with Gasteiger partial charge in [0.15, 0.2) is 0 Å². The molecular formula is C23H32ClN5O2. The molecular weight excluding hydrogens is 414 g/mol. The summed E-state index contributed by atoms with van der Waals surface area (Å²) < 4.78 is 11.3. The van der Waals surface area contributed by atoms with E-state index in [4.69, 9.17) is 15.2 Å². The minimum Gasteiger partial charge on any atom is -0.494 e. The Morgan fingerprint density at radius 3 is 1.81 bits per heavy atom. The van der Waals surface area contributed by atoms with Gasteiger partial charge in [0, 0.05) is 0 Å². The maximum atomic E-state index is 5.76. The van der Waals surface area contributed by atoms with Gasteiger partial charge < -0.3 is 15.2 Å². The first-order chi connectivity index (χ1) is 14.7. The highest BCUT2D eigenvalue weighted by Gasteiger charge is 1.95. The van der Waals surface area contributed by atoms with Crippen LogP contribution in [0.4, 0.5) is 0 Å². The van der Waals surface area contributed by atoms with Crippen LogP contribution in [0, 0.1) is 0 Å². The highest BCUT2D eigenvalue weighted by atomic mass is 35.5. The van der Waals surface area contributed by atoms with Crippen molar-refractivity contribution in [3.8, 4) is 11.5 Å². The Morgan fingerprint density at radius 2 is 1.32 bits per heavy atom. The topological polar surface area (TPSA) is 93.6 Å². The fraction of sp³-hybridized carbons (Fsp3) is 0.348. The number of hydrogen-bond donors (Lipinski definition) is 2. The van der Waals surface area contributed by atoms with Crippen LogP contribution < -0.4 is 20.6 Å². The van der Waals surface area contributed by atoms with Crippen molar-refractivity contribution in [2.24, 2.45) is 21.0 Å². The lowest BCUT2D eigenvalue weighted by atomic mass is 10.2. The second-order valence-electron chi connectivity index (χ2n) is 6.64. The van der Waals surface area contributed by atoms with Crippen LogP contribution in [-0.2, 0) is 0 Å². The van der Waals surface area contributed by atoms with Crippen LogP contribution >= 0.6 is 12.4 Å². The van der Waals surface area contributed by atoms with Crippen LogP contribution in [0.1, 0.15) is 50.7 Å². The van der Waals surface area contributed by atoms with Crippen LogP contribution in [0.5, 0.6) is 11.5 Å². The van der Waals surface area contributed by atoms with E-state index < -0.39 is 0 Å². The first kappa shape index (κ1) is 26.0. The van der Waals surface area contributed by atoms with E-state index in [9.17, 15) is 0 Å². The molecule has 0 fully saturated rings. The lowest BCUT2D eigenvalue weighted by molar-refractivity contribution is 0.309. The average Bonchev–Trinajstić information content (AvgIpc) is 2.76. The predicted octanol–water partition coefficient (Wildman–Crippen LogP) is 4.74. The molecule has 168 valence electrons. The number of hydrazone groups is 1. The van der Waals surface area contributed by atoms with Crippen molar-refractivity contribution in [3.63, 3.8) is 0 Å². The molecule has 2 aromatic carbocycles. The highest BCUT2D eigenvalue weighted by molar-refractivity contribution is 5.85. The number of nitrogens with zero attached hydrogens (tertiary/aromatic N) is 3. The second kappa shape index (κ2) is 15.7. The predicted molar refractivity (Wildman–Crippen MR) is 131 cm³/mol. The normalized spacial score (nSPS) is 11.5. The lowest BCUT2D eigenvalue weighted by Gasteiger charge is -2.05. The van der Waals surface area contributed by atoms with E-state index in [1.165, 1.54) is 0 Å². The Hall–Kier alpha value is -3.06. The van der Waals surface area contributed by atoms with Crippen molar-refractivity contribution in [3.05, 3.63) is 59.7 Å². The molecule has 0 saturated carbocycles. The minimum atomic E-state index is 0. The van der Waals surface area contributed by atoms with Crippen LogP contribution in [0.25, 0.3) is 0 Å². The molecule has 0 amide bonds. The summed E-state index contributed by atoms with van der Waals surface area (Å²) in [6.07, 6.45) is 7.59. The monoisotopic (exact) mass is 445 g/mol. The Bertz CT molecular complexity index is 821. The standard InChI is InChI=1S/C23H31N5O2.ClH/c1-3-5-15-29-21-11-7-19(8-12-21)17-25-27-23(24)28-26-18-20-9-13-22(14-10-20)30-16-6-4-2;/h7-14,17-18H,3-6,15-16H2,1-2H3,(H3,24,27,28);1H/b25-17+,26-18+;. The molecule has 8 heteroatoms. The van der Waals surface area contributed by atoms with Gasteiger partial charge in [-0.05, 0) is 72.5 Å². The summed E-state index contributed by atoms with van der Waals surface area (Å²) in [4.78, 5) is 0. The lowest BCUT2D eigenvalue weighted by Crippen LogP contribution is -2.26. The molecule has 2 rings (SSSR count). The molecule has 0 heterocycles. The molecule has 3 N–H and O–H groups in total. The van der Waals surface area contributed by atoms with Gasteiger partial charge in [-0.1, -0.05) is 26.7 Å². The minimum absolute atomic E-state index is 0. The smallest absolute Gasteiger partial charge is 0.234 e. The molecule has 0 aliphatic heterocycles. The van der Waals surface area contributed by atoms with Gasteiger partial charge in [0.25, 0.3) is 0 Å². The van der Waals surface area contributed by atoms with Gasteiger partial charge in [-0.25, -0.2) is 5.43 Å². The molecule has 0 aromatic heterocycles. The van der Waals surface area contributed by atoms with Gasteiger partial charge >= 0.3 is 0 Å². The Morgan fingerprint density at radius 1 is 0.839 bits per heavy atom. The Labute approximate surface area is 190 Å². The summed E-state index contributed by atoms with van der Waals surface area (Å²) in [7, 11) is 0. The van der Waals surface area contributed by atoms with Crippen molar-refractivity contribution in [2.45, 2.75) is 39.5 Å². The molecule has 0 aliphatic rings. The van der Waals surface area contributed by atoms with Crippen LogP contribution in [0.2, 0.25) is 0 Å². The van der Waals surface area contributed by atoms with Gasteiger partial charge in [-0.15, -0.1) is 17.5 Å². The number of guanidine groups is 1. The van der Waals surface area contributed by atoms with E-state index in [1.807, 2.05) is 48.5 Å². The molecule has 0 aliphatic carbocycles. The fourth-order valence-electron chi connectivity index (χ4n) is 2.32. The third-order valence-electron chi connectivity index (χ3n) is 4.06. The number of benzene rings is 2. The summed E-state index contributed by atoms with van der Waals surface area (Å²) in [6.45, 7) is 5.74. The molecule has 0 atom stereocenters. The zero-order valence-corrected chi connectivity index (χ0v) is 19.0. The number of rotatable bonds is 12. The van der Waals surface area contributed by atoms with Crippen LogP contribution in [-0.4, -0.2) is 31.6 Å². The van der Waals surface area contributed by atoms with E-state index in [1.54, 1.807) is 12.4 Å². The zero-order valence-electron chi connectivity index (χ0n) is 18.2. The molecule has 0 unspecified atom stereocenters. The molecule has 2 aromatic rings. The van der Waals surface area contributed by atoms with E-state index in [0.717, 1.165) is 61.5 Å². The van der Waals surface area contributed by atoms with E-state index in [-0.39, 0.29) is 18.4 Å². The second-order valence-corrected chi connectivity index (χ2v) is 6.64. The van der Waals surface area contributed by atoms with Gasteiger partial charge in [0.05, 0.1) is 25.6 Å². The van der Waals surface area contributed by atoms with Crippen LogP contribution in [0.3, 0.4) is 0 Å². The van der Waals surface area contributed by atoms with Crippen molar-refractivity contribution in [2.75, 3.05) is 13.2 Å². The van der Waals surface area contributed by atoms with E-state index in [0.29, 0.717) is 0 Å². The number of unbranched alkanes of at least 4 members (excludes halogenated alkanes) is 2. The Balaban J connectivity index is 0.00000480.